The average Bonchev–Trinajstić information content (AvgIpc) is 3.99. The zero-order valence-electron chi connectivity index (χ0n) is 34.8. The molecule has 0 aliphatic carbocycles. The number of anilines is 2. The van der Waals surface area contributed by atoms with Gasteiger partial charge in [-0.2, -0.15) is 0 Å². The first-order valence-corrected chi connectivity index (χ1v) is 22.4. The van der Waals surface area contributed by atoms with Crippen molar-refractivity contribution in [2.45, 2.75) is 32.5 Å². The molecule has 11 rings (SSSR count). The van der Waals surface area contributed by atoms with E-state index in [1.54, 1.807) is 13.8 Å². The maximum absolute atomic E-state index is 8.56. The fourth-order valence-corrected chi connectivity index (χ4v) is 10.3. The number of nitrogens with zero attached hydrogens (tertiary/aromatic N) is 2. The van der Waals surface area contributed by atoms with Crippen molar-refractivity contribution in [2.75, 3.05) is 9.62 Å². The average molecular weight is 1000 g/mol. The van der Waals surface area contributed by atoms with E-state index in [2.05, 4.69) is 187 Å². The fraction of sp³-hybridized carbons (Fsp3) is 0.0926. The molecule has 3 heterocycles. The molecule has 0 spiro atoms. The van der Waals surface area contributed by atoms with Crippen molar-refractivity contribution in [1.29, 1.82) is 0 Å². The normalized spacial score (nSPS) is 13.9. The van der Waals surface area contributed by atoms with Gasteiger partial charge in [0.25, 0.3) is 0 Å². The van der Waals surface area contributed by atoms with E-state index in [-0.39, 0.29) is 25.7 Å². The van der Waals surface area contributed by atoms with Crippen molar-refractivity contribution in [2.24, 2.45) is 0 Å². The molecule has 2 N–H and O–H groups in total. The molecule has 6 nitrogen and oxygen atoms in total. The molecule has 2 aromatic heterocycles. The number of aliphatic hydroxyl groups is 2. The van der Waals surface area contributed by atoms with Crippen LogP contribution >= 0.6 is 0 Å². The van der Waals surface area contributed by atoms with Crippen LogP contribution in [0.1, 0.15) is 20.3 Å². The van der Waals surface area contributed by atoms with Gasteiger partial charge in [-0.05, 0) is 20.3 Å². The fourth-order valence-electron chi connectivity index (χ4n) is 9.06. The molecule has 0 radical (unpaired) electrons. The first-order valence-electron chi connectivity index (χ1n) is 21.3. The number of furan rings is 2. The van der Waals surface area contributed by atoms with Gasteiger partial charge in [0.05, 0.1) is 12.2 Å². The van der Waals surface area contributed by atoms with Crippen LogP contribution < -0.4 is 20.5 Å². The molecular formula is C54H43B2N2O4Pt-. The summed E-state index contributed by atoms with van der Waals surface area (Å²) < 4.78 is 14.0. The van der Waals surface area contributed by atoms with Gasteiger partial charge in [-0.1, -0.05) is 24.3 Å². The van der Waals surface area contributed by atoms with Gasteiger partial charge in [0.1, 0.15) is 0 Å². The third kappa shape index (κ3) is 7.74. The standard InChI is InChI=1S/C49H31B2N2O2.C5H12O2.Pt/c1-3-13-38(14-4-1)52-33-53(39-15-5-2-6-16-39)51(37-31-27-35(28-32-37)41-20-12-22-45-43-18-8-10-24-47(43)55-49(41)45)50(52)36-29-25-34(26-30-36)40-19-11-21-44-42-17-7-9-23-46(42)54-48(40)44;1-4(6)3-5(2)7;/h1-15,17-32H;4-7H,3H2,1-2H3;/q-1;;. The molecular weight excluding hydrogens is 957 g/mol. The van der Waals surface area contributed by atoms with Crippen LogP contribution in [0, 0.1) is 6.07 Å². The summed E-state index contributed by atoms with van der Waals surface area (Å²) in [5.74, 6) is 0. The Kier molecular flexibility index (Phi) is 11.2. The zero-order valence-corrected chi connectivity index (χ0v) is 37.1. The van der Waals surface area contributed by atoms with Crippen molar-refractivity contribution in [3.05, 3.63) is 194 Å². The zero-order chi connectivity index (χ0) is 43.0. The monoisotopic (exact) mass is 1000 g/mol. The number of benzene rings is 8. The van der Waals surface area contributed by atoms with Gasteiger partial charge in [-0.25, -0.2) is 0 Å². The molecule has 10 aromatic rings. The number of para-hydroxylation sites is 6. The summed E-state index contributed by atoms with van der Waals surface area (Å²) in [4.78, 5) is 4.92. The third-order valence-corrected chi connectivity index (χ3v) is 12.9. The second-order valence-corrected chi connectivity index (χ2v) is 17.2. The summed E-state index contributed by atoms with van der Waals surface area (Å²) in [6.45, 7) is 3.20. The second-order valence-electron chi connectivity index (χ2n) is 16.2. The molecule has 8 aromatic carbocycles. The first kappa shape index (κ1) is 40.6. The van der Waals surface area contributed by atoms with Crippen molar-refractivity contribution in [1.82, 2.24) is 0 Å². The number of aliphatic hydroxyl groups excluding tert-OH is 2. The van der Waals surface area contributed by atoms with E-state index in [0.29, 0.717) is 6.42 Å². The predicted octanol–water partition coefficient (Wildman–Crippen LogP) is 10.6. The summed E-state index contributed by atoms with van der Waals surface area (Å²) in [6, 6.07) is 70.1. The Morgan fingerprint density at radius 2 is 0.968 bits per heavy atom. The Morgan fingerprint density at radius 1 is 0.508 bits per heavy atom. The van der Waals surface area contributed by atoms with E-state index in [9.17, 15) is 0 Å². The minimum atomic E-state index is -0.375. The van der Waals surface area contributed by atoms with Gasteiger partial charge in [-0.15, -0.1) is 0 Å². The summed E-state index contributed by atoms with van der Waals surface area (Å²) in [6.07, 6.45) is -0.278. The molecule has 2 atom stereocenters. The Labute approximate surface area is 378 Å². The summed E-state index contributed by atoms with van der Waals surface area (Å²) in [5, 5.41) is 21.7. The van der Waals surface area contributed by atoms with E-state index in [4.69, 9.17) is 19.0 Å². The predicted molar refractivity (Wildman–Crippen MR) is 259 cm³/mol. The number of hydrogen-bond donors (Lipinski definition) is 2. The Hall–Kier alpha value is -6.43. The quantitative estimate of drug-likeness (QED) is 0.117. The molecule has 63 heavy (non-hydrogen) atoms. The van der Waals surface area contributed by atoms with Crippen molar-refractivity contribution < 1.29 is 38.4 Å². The van der Waals surface area contributed by atoms with Gasteiger partial charge >= 0.3 is 314 Å². The number of rotatable bonds is 8. The Morgan fingerprint density at radius 3 is 1.44 bits per heavy atom. The molecule has 9 heteroatoms. The van der Waals surface area contributed by atoms with Crippen LogP contribution in [0.15, 0.2) is 197 Å². The van der Waals surface area contributed by atoms with Crippen LogP contribution in [0.5, 0.6) is 0 Å². The van der Waals surface area contributed by atoms with Gasteiger partial charge < -0.3 is 10.2 Å². The minimum absolute atomic E-state index is 0.0563. The van der Waals surface area contributed by atoms with E-state index in [1.165, 1.54) is 10.9 Å². The molecule has 2 unspecified atom stereocenters. The van der Waals surface area contributed by atoms with E-state index in [1.807, 2.05) is 36.4 Å². The maximum atomic E-state index is 8.56. The van der Waals surface area contributed by atoms with Gasteiger partial charge in [0.15, 0.2) is 0 Å². The SMILES string of the molecule is CC(O)CC(C)O.[Pt]=[C]1N(c2[c-]cccc2)B(c2ccc(-c3cccc4c3oc3ccccc34)cc2)B(c2ccc(-c3cccc4c3oc3ccccc34)cc2)N1c1ccccc1. The van der Waals surface area contributed by atoms with E-state index < -0.39 is 0 Å². The molecule has 0 bridgehead atoms. The Balaban J connectivity index is 0.000000624. The van der Waals surface area contributed by atoms with Crippen LogP contribution in [-0.2, 0) is 19.4 Å². The molecule has 1 aliphatic heterocycles. The number of fused-ring (bicyclic) bond motifs is 6. The summed E-state index contributed by atoms with van der Waals surface area (Å²) in [5.41, 5.74) is 12.6. The van der Waals surface area contributed by atoms with Gasteiger partial charge in [-0.3, -0.25) is 0 Å². The summed E-state index contributed by atoms with van der Waals surface area (Å²) >= 11 is 2.51. The summed E-state index contributed by atoms with van der Waals surface area (Å²) in [7, 11) is 0. The molecule has 0 amide bonds. The van der Waals surface area contributed by atoms with Crippen LogP contribution in [0.25, 0.3) is 66.1 Å². The molecule has 310 valence electrons. The van der Waals surface area contributed by atoms with Crippen molar-refractivity contribution >= 4 is 83.8 Å². The van der Waals surface area contributed by atoms with Crippen LogP contribution in [0.4, 0.5) is 11.4 Å². The Bertz CT molecular complexity index is 2990. The first-order chi connectivity index (χ1) is 30.8. The molecule has 1 saturated heterocycles. The number of hydrogen-bond acceptors (Lipinski definition) is 6. The molecule has 1 aliphatic rings. The van der Waals surface area contributed by atoms with E-state index >= 15 is 0 Å². The third-order valence-electron chi connectivity index (χ3n) is 11.8. The van der Waals surface area contributed by atoms with Gasteiger partial charge in [0.2, 0.25) is 0 Å². The van der Waals surface area contributed by atoms with E-state index in [0.717, 1.165) is 81.7 Å². The van der Waals surface area contributed by atoms with Crippen LogP contribution in [0.3, 0.4) is 0 Å². The second kappa shape index (κ2) is 17.4. The van der Waals surface area contributed by atoms with Crippen molar-refractivity contribution in [3.8, 4) is 22.3 Å². The molecule has 1 fully saturated rings. The van der Waals surface area contributed by atoms with Crippen molar-refractivity contribution in [3.63, 3.8) is 0 Å². The van der Waals surface area contributed by atoms with Gasteiger partial charge in [0, 0.05) is 0 Å². The topological polar surface area (TPSA) is 73.2 Å². The van der Waals surface area contributed by atoms with Crippen LogP contribution in [0.2, 0.25) is 0 Å². The van der Waals surface area contributed by atoms with Crippen LogP contribution in [-0.4, -0.2) is 40.0 Å². The molecule has 0 saturated carbocycles.